The molecule has 3 heteroatoms. The molecule has 0 N–H and O–H groups in total. The van der Waals surface area contributed by atoms with E-state index in [1.807, 2.05) is 20.8 Å². The maximum absolute atomic E-state index is 12.1. The number of nitrogens with zero attached hydrogens (tertiary/aromatic N) is 1. The molecule has 0 spiro atoms. The van der Waals surface area contributed by atoms with E-state index in [0.29, 0.717) is 12.3 Å². The Morgan fingerprint density at radius 2 is 1.80 bits per heavy atom. The predicted octanol–water partition coefficient (Wildman–Crippen LogP) is 3.87. The van der Waals surface area contributed by atoms with Gasteiger partial charge in [-0.1, -0.05) is 32.1 Å². The standard InChI is InChI=1S/C17H33NO2/c1-17(2,3)20-16(19)12-15(13-18(4)5)11-14-9-7-6-8-10-14/h14-15H,6-13H2,1-5H3/t15-/m1/s1. The summed E-state index contributed by atoms with van der Waals surface area (Å²) >= 11 is 0. The summed E-state index contributed by atoms with van der Waals surface area (Å²) in [4.78, 5) is 14.2. The second kappa shape index (κ2) is 8.02. The van der Waals surface area contributed by atoms with Crippen LogP contribution >= 0.6 is 0 Å². The Hall–Kier alpha value is -0.570. The third-order valence-corrected chi connectivity index (χ3v) is 3.89. The molecule has 1 aliphatic rings. The number of esters is 1. The second-order valence-electron chi connectivity index (χ2n) is 7.66. The second-order valence-corrected chi connectivity index (χ2v) is 7.66. The van der Waals surface area contributed by atoms with Crippen molar-refractivity contribution in [1.82, 2.24) is 4.90 Å². The van der Waals surface area contributed by atoms with Crippen LogP contribution < -0.4 is 0 Å². The molecule has 1 rings (SSSR count). The predicted molar refractivity (Wildman–Crippen MR) is 83.7 cm³/mol. The van der Waals surface area contributed by atoms with E-state index in [9.17, 15) is 4.79 Å². The zero-order valence-corrected chi connectivity index (χ0v) is 14.1. The van der Waals surface area contributed by atoms with E-state index >= 15 is 0 Å². The Balaban J connectivity index is 2.48. The maximum Gasteiger partial charge on any atom is 0.306 e. The van der Waals surface area contributed by atoms with Gasteiger partial charge in [-0.2, -0.15) is 0 Å². The third-order valence-electron chi connectivity index (χ3n) is 3.89. The van der Waals surface area contributed by atoms with Gasteiger partial charge in [0.15, 0.2) is 0 Å². The van der Waals surface area contributed by atoms with Crippen LogP contribution in [0.25, 0.3) is 0 Å². The number of rotatable bonds is 6. The highest BCUT2D eigenvalue weighted by Crippen LogP contribution is 2.30. The average molecular weight is 283 g/mol. The molecule has 0 unspecified atom stereocenters. The molecular formula is C17H33NO2. The van der Waals surface area contributed by atoms with Crippen LogP contribution in [0.3, 0.4) is 0 Å². The minimum atomic E-state index is -0.370. The van der Waals surface area contributed by atoms with Crippen molar-refractivity contribution in [3.63, 3.8) is 0 Å². The molecule has 20 heavy (non-hydrogen) atoms. The van der Waals surface area contributed by atoms with E-state index in [1.165, 1.54) is 38.5 Å². The molecule has 0 heterocycles. The number of hydrogen-bond donors (Lipinski definition) is 0. The fraction of sp³-hybridized carbons (Fsp3) is 0.941. The number of hydrogen-bond acceptors (Lipinski definition) is 3. The lowest BCUT2D eigenvalue weighted by atomic mass is 9.81. The summed E-state index contributed by atoms with van der Waals surface area (Å²) in [7, 11) is 4.17. The average Bonchev–Trinajstić information content (AvgIpc) is 2.26. The van der Waals surface area contributed by atoms with Crippen LogP contribution in [0.1, 0.15) is 65.7 Å². The minimum absolute atomic E-state index is 0.0415. The van der Waals surface area contributed by atoms with Crippen molar-refractivity contribution in [2.45, 2.75) is 71.3 Å². The minimum Gasteiger partial charge on any atom is -0.460 e. The summed E-state index contributed by atoms with van der Waals surface area (Å²) in [5.41, 5.74) is -0.370. The number of ether oxygens (including phenoxy) is 1. The fourth-order valence-corrected chi connectivity index (χ4v) is 3.25. The summed E-state index contributed by atoms with van der Waals surface area (Å²) in [6.07, 6.45) is 8.55. The Labute approximate surface area is 125 Å². The molecule has 0 radical (unpaired) electrons. The van der Waals surface area contributed by atoms with Gasteiger partial charge in [0.2, 0.25) is 0 Å². The highest BCUT2D eigenvalue weighted by Gasteiger charge is 2.24. The lowest BCUT2D eigenvalue weighted by molar-refractivity contribution is -0.156. The van der Waals surface area contributed by atoms with Crippen molar-refractivity contribution < 1.29 is 9.53 Å². The molecule has 1 atom stereocenters. The quantitative estimate of drug-likeness (QED) is 0.693. The molecule has 0 aromatic rings. The van der Waals surface area contributed by atoms with E-state index in [4.69, 9.17) is 4.74 Å². The molecule has 0 bridgehead atoms. The Bertz CT molecular complexity index is 288. The zero-order chi connectivity index (χ0) is 15.2. The summed E-state index contributed by atoms with van der Waals surface area (Å²) in [5.74, 6) is 1.21. The lowest BCUT2D eigenvalue weighted by Gasteiger charge is -2.29. The van der Waals surface area contributed by atoms with Crippen LogP contribution in [-0.2, 0) is 9.53 Å². The highest BCUT2D eigenvalue weighted by molar-refractivity contribution is 5.70. The van der Waals surface area contributed by atoms with Crippen LogP contribution in [0, 0.1) is 11.8 Å². The van der Waals surface area contributed by atoms with Gasteiger partial charge in [-0.25, -0.2) is 0 Å². The van der Waals surface area contributed by atoms with E-state index < -0.39 is 0 Å². The Kier molecular flexibility index (Phi) is 7.01. The van der Waals surface area contributed by atoms with Crippen molar-refractivity contribution in [3.05, 3.63) is 0 Å². The molecule has 1 fully saturated rings. The SMILES string of the molecule is CN(C)C[C@@H](CC(=O)OC(C)(C)C)CC1CCCCC1. The lowest BCUT2D eigenvalue weighted by Crippen LogP contribution is -2.30. The van der Waals surface area contributed by atoms with Crippen LogP contribution in [0.4, 0.5) is 0 Å². The van der Waals surface area contributed by atoms with Crippen molar-refractivity contribution in [3.8, 4) is 0 Å². The molecule has 0 amide bonds. The van der Waals surface area contributed by atoms with Gasteiger partial charge in [0, 0.05) is 13.0 Å². The Morgan fingerprint density at radius 3 is 2.30 bits per heavy atom. The van der Waals surface area contributed by atoms with Crippen molar-refractivity contribution in [2.24, 2.45) is 11.8 Å². The van der Waals surface area contributed by atoms with Gasteiger partial charge in [0.05, 0.1) is 0 Å². The van der Waals surface area contributed by atoms with E-state index in [2.05, 4.69) is 19.0 Å². The van der Waals surface area contributed by atoms with Gasteiger partial charge in [-0.05, 0) is 53.1 Å². The zero-order valence-electron chi connectivity index (χ0n) is 14.1. The highest BCUT2D eigenvalue weighted by atomic mass is 16.6. The van der Waals surface area contributed by atoms with Gasteiger partial charge in [0.1, 0.15) is 5.60 Å². The first-order valence-corrected chi connectivity index (χ1v) is 8.13. The normalized spacial score (nSPS) is 19.1. The number of carbonyl (C=O) groups excluding carboxylic acids is 1. The van der Waals surface area contributed by atoms with Crippen molar-refractivity contribution in [2.75, 3.05) is 20.6 Å². The molecule has 0 saturated heterocycles. The summed E-state index contributed by atoms with van der Waals surface area (Å²) < 4.78 is 5.48. The summed E-state index contributed by atoms with van der Waals surface area (Å²) in [6, 6.07) is 0. The molecule has 1 saturated carbocycles. The fourth-order valence-electron chi connectivity index (χ4n) is 3.25. The molecule has 118 valence electrons. The van der Waals surface area contributed by atoms with Crippen LogP contribution in [0.15, 0.2) is 0 Å². The molecule has 0 aromatic heterocycles. The van der Waals surface area contributed by atoms with Crippen molar-refractivity contribution in [1.29, 1.82) is 0 Å². The smallest absolute Gasteiger partial charge is 0.306 e. The number of carbonyl (C=O) groups is 1. The van der Waals surface area contributed by atoms with E-state index in [-0.39, 0.29) is 11.6 Å². The van der Waals surface area contributed by atoms with Crippen LogP contribution in [0.5, 0.6) is 0 Å². The molecule has 0 aromatic carbocycles. The van der Waals surface area contributed by atoms with Gasteiger partial charge in [-0.3, -0.25) is 4.79 Å². The first-order chi connectivity index (χ1) is 9.26. The molecule has 0 aliphatic heterocycles. The largest absolute Gasteiger partial charge is 0.460 e. The monoisotopic (exact) mass is 283 g/mol. The van der Waals surface area contributed by atoms with E-state index in [0.717, 1.165) is 12.5 Å². The topological polar surface area (TPSA) is 29.5 Å². The van der Waals surface area contributed by atoms with Crippen LogP contribution in [0.2, 0.25) is 0 Å². The molecular weight excluding hydrogens is 250 g/mol. The van der Waals surface area contributed by atoms with E-state index in [1.54, 1.807) is 0 Å². The summed E-state index contributed by atoms with van der Waals surface area (Å²) in [6.45, 7) is 6.79. The summed E-state index contributed by atoms with van der Waals surface area (Å²) in [5, 5.41) is 0. The van der Waals surface area contributed by atoms with Crippen molar-refractivity contribution >= 4 is 5.97 Å². The third kappa shape index (κ3) is 7.88. The molecule has 3 nitrogen and oxygen atoms in total. The van der Waals surface area contributed by atoms with Gasteiger partial charge in [0.25, 0.3) is 0 Å². The van der Waals surface area contributed by atoms with Crippen LogP contribution in [-0.4, -0.2) is 37.1 Å². The van der Waals surface area contributed by atoms with Gasteiger partial charge < -0.3 is 9.64 Å². The Morgan fingerprint density at radius 1 is 1.20 bits per heavy atom. The van der Waals surface area contributed by atoms with Gasteiger partial charge >= 0.3 is 5.97 Å². The first-order valence-electron chi connectivity index (χ1n) is 8.13. The first kappa shape index (κ1) is 17.5. The van der Waals surface area contributed by atoms with Gasteiger partial charge in [-0.15, -0.1) is 0 Å². The maximum atomic E-state index is 12.1. The molecule has 1 aliphatic carbocycles.